The molecule has 0 bridgehead atoms. The number of rotatable bonds is 6. The van der Waals surface area contributed by atoms with Crippen LogP contribution in [-0.4, -0.2) is 29.4 Å². The Morgan fingerprint density at radius 3 is 2.32 bits per heavy atom. The van der Waals surface area contributed by atoms with Gasteiger partial charge in [-0.05, 0) is 99.2 Å². The van der Waals surface area contributed by atoms with Gasteiger partial charge in [0, 0.05) is 18.8 Å². The fourth-order valence-corrected chi connectivity index (χ4v) is 8.83. The Kier molecular flexibility index (Phi) is 6.94. The smallest absolute Gasteiger partial charge is 0.306 e. The fraction of sp³-hybridized carbons (Fsp3) is 0.606. The van der Waals surface area contributed by atoms with Gasteiger partial charge >= 0.3 is 11.9 Å². The van der Waals surface area contributed by atoms with Gasteiger partial charge < -0.3 is 9.47 Å². The molecular weight excluding hydrogens is 476 g/mol. The molecular formula is C33H42O5. The third-order valence-corrected chi connectivity index (χ3v) is 10.7. The van der Waals surface area contributed by atoms with Crippen molar-refractivity contribution in [2.45, 2.75) is 97.7 Å². The van der Waals surface area contributed by atoms with E-state index in [1.807, 2.05) is 30.3 Å². The van der Waals surface area contributed by atoms with E-state index in [0.717, 1.165) is 37.7 Å². The van der Waals surface area contributed by atoms with Crippen LogP contribution in [0.15, 0.2) is 53.6 Å². The highest BCUT2D eigenvalue weighted by Crippen LogP contribution is 2.68. The minimum Gasteiger partial charge on any atom is -0.458 e. The summed E-state index contributed by atoms with van der Waals surface area (Å²) in [7, 11) is 0. The van der Waals surface area contributed by atoms with E-state index in [4.69, 9.17) is 9.47 Å². The second kappa shape index (κ2) is 9.81. The number of allylic oxidation sites excluding steroid dienone is 3. The number of ether oxygens (including phenoxy) is 2. The summed E-state index contributed by atoms with van der Waals surface area (Å²) in [4.78, 5) is 37.7. The van der Waals surface area contributed by atoms with Crippen molar-refractivity contribution < 1.29 is 23.9 Å². The Bertz CT molecular complexity index is 1180. The molecule has 38 heavy (non-hydrogen) atoms. The molecule has 2 saturated carbocycles. The number of hydrogen-bond acceptors (Lipinski definition) is 5. The molecule has 4 aliphatic carbocycles. The Morgan fingerprint density at radius 1 is 0.921 bits per heavy atom. The number of fused-ring (bicyclic) bond motifs is 5. The van der Waals surface area contributed by atoms with Crippen LogP contribution in [0.2, 0.25) is 0 Å². The maximum absolute atomic E-state index is 13.0. The summed E-state index contributed by atoms with van der Waals surface area (Å²) in [6, 6.07) is 10.1. The number of carbonyl (C=O) groups excluding carboxylic acids is 3. The van der Waals surface area contributed by atoms with Crippen LogP contribution in [-0.2, 0) is 30.3 Å². The number of ketones is 1. The maximum Gasteiger partial charge on any atom is 0.306 e. The summed E-state index contributed by atoms with van der Waals surface area (Å²) < 4.78 is 11.8. The largest absolute Gasteiger partial charge is 0.458 e. The zero-order valence-electron chi connectivity index (χ0n) is 23.5. The van der Waals surface area contributed by atoms with Crippen LogP contribution in [0.25, 0.3) is 0 Å². The number of carbonyl (C=O) groups is 3. The van der Waals surface area contributed by atoms with E-state index in [9.17, 15) is 14.4 Å². The lowest BCUT2D eigenvalue weighted by Gasteiger charge is -2.58. The molecule has 0 aliphatic heterocycles. The van der Waals surface area contributed by atoms with E-state index in [1.54, 1.807) is 6.92 Å². The Labute approximate surface area is 227 Å². The standard InChI is InChI=1S/C33H42O5/c1-21-19-26-27(14-17-32(5)28(26)15-18-33(32,22(2)34)38-23(3)35)31(4)16-13-25(20-29(21)31)37-30(36)12-11-24-9-7-6-8-10-24/h6-10,19-20,25-28H,11-18H2,1-5H3/t25-,26-,27+,28-,31-,32+,33+/m1/s1. The molecule has 7 atom stereocenters. The Balaban J connectivity index is 1.36. The van der Waals surface area contributed by atoms with Gasteiger partial charge in [-0.25, -0.2) is 0 Å². The van der Waals surface area contributed by atoms with Crippen LogP contribution >= 0.6 is 0 Å². The summed E-state index contributed by atoms with van der Waals surface area (Å²) in [5, 5.41) is 0. The quantitative estimate of drug-likeness (QED) is 0.399. The van der Waals surface area contributed by atoms with Gasteiger partial charge in [0.25, 0.3) is 0 Å². The third-order valence-electron chi connectivity index (χ3n) is 10.7. The number of esters is 2. The van der Waals surface area contributed by atoms with Crippen molar-refractivity contribution in [3.8, 4) is 0 Å². The molecule has 2 fully saturated rings. The average molecular weight is 519 g/mol. The second-order valence-corrected chi connectivity index (χ2v) is 12.7. The highest BCUT2D eigenvalue weighted by Gasteiger charge is 2.67. The lowest BCUT2D eigenvalue weighted by molar-refractivity contribution is -0.185. The van der Waals surface area contributed by atoms with Gasteiger partial charge in [0.2, 0.25) is 0 Å². The minimum atomic E-state index is -1.02. The van der Waals surface area contributed by atoms with Crippen molar-refractivity contribution in [2.75, 3.05) is 0 Å². The van der Waals surface area contributed by atoms with Crippen molar-refractivity contribution in [2.24, 2.45) is 28.6 Å². The highest BCUT2D eigenvalue weighted by atomic mass is 16.6. The summed E-state index contributed by atoms with van der Waals surface area (Å²) in [6.45, 7) is 9.78. The van der Waals surface area contributed by atoms with Crippen molar-refractivity contribution in [1.82, 2.24) is 0 Å². The predicted octanol–water partition coefficient (Wildman–Crippen LogP) is 6.55. The molecule has 1 aromatic rings. The number of Topliss-reactive ketones (excluding diaryl/α,β-unsaturated/α-hetero) is 1. The minimum absolute atomic E-state index is 0.0146. The van der Waals surface area contributed by atoms with Crippen molar-refractivity contribution >= 4 is 17.7 Å². The van der Waals surface area contributed by atoms with Gasteiger partial charge in [0.15, 0.2) is 11.4 Å². The Morgan fingerprint density at radius 2 is 1.63 bits per heavy atom. The first-order valence-electron chi connectivity index (χ1n) is 14.4. The maximum atomic E-state index is 13.0. The summed E-state index contributed by atoms with van der Waals surface area (Å²) in [5.74, 6) is 0.580. The van der Waals surface area contributed by atoms with E-state index in [2.05, 4.69) is 32.9 Å². The number of aryl methyl sites for hydroxylation is 1. The van der Waals surface area contributed by atoms with Gasteiger partial charge in [-0.2, -0.15) is 0 Å². The lowest BCUT2D eigenvalue weighted by atomic mass is 9.47. The molecule has 0 N–H and O–H groups in total. The van der Waals surface area contributed by atoms with E-state index in [0.29, 0.717) is 37.0 Å². The molecule has 204 valence electrons. The normalized spacial score (nSPS) is 37.6. The van der Waals surface area contributed by atoms with E-state index >= 15 is 0 Å². The zero-order valence-corrected chi connectivity index (χ0v) is 23.5. The first-order chi connectivity index (χ1) is 18.0. The average Bonchev–Trinajstić information content (AvgIpc) is 3.17. The van der Waals surface area contributed by atoms with Crippen LogP contribution in [0.5, 0.6) is 0 Å². The summed E-state index contributed by atoms with van der Waals surface area (Å²) in [6.07, 6.45) is 10.7. The van der Waals surface area contributed by atoms with Crippen LogP contribution in [0.3, 0.4) is 0 Å². The molecule has 0 unspecified atom stereocenters. The van der Waals surface area contributed by atoms with Crippen LogP contribution in [0, 0.1) is 28.6 Å². The molecule has 0 spiro atoms. The molecule has 5 heteroatoms. The van der Waals surface area contributed by atoms with E-state index < -0.39 is 5.60 Å². The molecule has 1 aromatic carbocycles. The third kappa shape index (κ3) is 4.26. The number of hydrogen-bond donors (Lipinski definition) is 0. The molecule has 5 rings (SSSR count). The van der Waals surface area contributed by atoms with Gasteiger partial charge in [-0.1, -0.05) is 55.8 Å². The first kappa shape index (κ1) is 26.9. The number of benzene rings is 1. The molecule has 0 heterocycles. The van der Waals surface area contributed by atoms with E-state index in [1.165, 1.54) is 18.1 Å². The molecule has 0 aromatic heterocycles. The van der Waals surface area contributed by atoms with Crippen molar-refractivity contribution in [3.63, 3.8) is 0 Å². The fourth-order valence-electron chi connectivity index (χ4n) is 8.83. The Hall–Kier alpha value is -2.69. The van der Waals surface area contributed by atoms with Gasteiger partial charge in [0.05, 0.1) is 0 Å². The second-order valence-electron chi connectivity index (χ2n) is 12.7. The molecule has 4 aliphatic rings. The van der Waals surface area contributed by atoms with Crippen LogP contribution < -0.4 is 0 Å². The van der Waals surface area contributed by atoms with E-state index in [-0.39, 0.29) is 34.7 Å². The SMILES string of the molecule is CC(=O)O[C@]1(C(C)=O)CC[C@@H]2[C@@H]3C=C(C)C4=C[C@H](OC(=O)CCc5ccccc5)CC[C@]4(C)[C@H]3CC[C@@]21C. The van der Waals surface area contributed by atoms with Crippen LogP contribution in [0.1, 0.15) is 85.1 Å². The zero-order chi connectivity index (χ0) is 27.3. The summed E-state index contributed by atoms with van der Waals surface area (Å²) in [5.41, 5.74) is 2.38. The molecule has 0 saturated heterocycles. The van der Waals surface area contributed by atoms with Gasteiger partial charge in [-0.15, -0.1) is 0 Å². The lowest BCUT2D eigenvalue weighted by Crippen LogP contribution is -2.58. The van der Waals surface area contributed by atoms with Crippen molar-refractivity contribution in [3.05, 3.63) is 59.2 Å². The molecule has 5 nitrogen and oxygen atoms in total. The van der Waals surface area contributed by atoms with Crippen LogP contribution in [0.4, 0.5) is 0 Å². The summed E-state index contributed by atoms with van der Waals surface area (Å²) >= 11 is 0. The topological polar surface area (TPSA) is 69.7 Å². The highest BCUT2D eigenvalue weighted by molar-refractivity contribution is 5.89. The van der Waals surface area contributed by atoms with Gasteiger partial charge in [0.1, 0.15) is 6.10 Å². The first-order valence-corrected chi connectivity index (χ1v) is 14.4. The monoisotopic (exact) mass is 518 g/mol. The molecule has 0 amide bonds. The predicted molar refractivity (Wildman–Crippen MR) is 146 cm³/mol. The molecule has 0 radical (unpaired) electrons. The van der Waals surface area contributed by atoms with Gasteiger partial charge in [-0.3, -0.25) is 14.4 Å². The van der Waals surface area contributed by atoms with Crippen molar-refractivity contribution in [1.29, 1.82) is 0 Å².